The van der Waals surface area contributed by atoms with Gasteiger partial charge in [-0.15, -0.1) is 0 Å². The Kier molecular flexibility index (Phi) is 7.30. The van der Waals surface area contributed by atoms with Gasteiger partial charge in [0.25, 0.3) is 0 Å². The molecule has 2 aromatic rings. The van der Waals surface area contributed by atoms with Crippen molar-refractivity contribution in [3.63, 3.8) is 0 Å². The first-order valence-electron chi connectivity index (χ1n) is 12.7. The minimum Gasteiger partial charge on any atom is -0.380 e. The van der Waals surface area contributed by atoms with Crippen molar-refractivity contribution in [3.8, 4) is 0 Å². The van der Waals surface area contributed by atoms with Gasteiger partial charge in [-0.2, -0.15) is 0 Å². The van der Waals surface area contributed by atoms with Crippen LogP contribution in [0.3, 0.4) is 0 Å². The van der Waals surface area contributed by atoms with Crippen LogP contribution in [0.15, 0.2) is 42.5 Å². The molecular formula is C28H34Cl2N2O. The summed E-state index contributed by atoms with van der Waals surface area (Å²) in [6.07, 6.45) is 9.86. The van der Waals surface area contributed by atoms with Crippen molar-refractivity contribution in [2.75, 3.05) is 18.4 Å². The van der Waals surface area contributed by atoms with E-state index < -0.39 is 0 Å². The first-order chi connectivity index (χ1) is 16.1. The number of likely N-dealkylation sites (tertiary alicyclic amines) is 1. The molecule has 176 valence electrons. The largest absolute Gasteiger partial charge is 0.380 e. The molecule has 2 aliphatic heterocycles. The first kappa shape index (κ1) is 23.2. The molecule has 1 aliphatic carbocycles. The number of piperidine rings is 1. The normalized spacial score (nSPS) is 23.5. The molecule has 33 heavy (non-hydrogen) atoms. The predicted octanol–water partition coefficient (Wildman–Crippen LogP) is 7.12. The molecule has 2 unspecified atom stereocenters. The van der Waals surface area contributed by atoms with Crippen LogP contribution >= 0.6 is 23.2 Å². The van der Waals surface area contributed by atoms with Gasteiger partial charge in [0.2, 0.25) is 0 Å². The van der Waals surface area contributed by atoms with Crippen molar-refractivity contribution in [1.82, 2.24) is 4.90 Å². The summed E-state index contributed by atoms with van der Waals surface area (Å²) in [7, 11) is 0. The van der Waals surface area contributed by atoms with Gasteiger partial charge in [0.15, 0.2) is 5.78 Å². The van der Waals surface area contributed by atoms with Crippen LogP contribution in [0.1, 0.15) is 68.4 Å². The predicted molar refractivity (Wildman–Crippen MR) is 138 cm³/mol. The molecule has 1 saturated carbocycles. The van der Waals surface area contributed by atoms with Crippen molar-refractivity contribution >= 4 is 34.7 Å². The number of anilines is 1. The molecular weight excluding hydrogens is 451 g/mol. The number of rotatable bonds is 5. The lowest BCUT2D eigenvalue weighted by Crippen LogP contribution is -2.56. The Hall–Kier alpha value is -1.55. The zero-order valence-electron chi connectivity index (χ0n) is 19.2. The van der Waals surface area contributed by atoms with Crippen LogP contribution < -0.4 is 5.32 Å². The summed E-state index contributed by atoms with van der Waals surface area (Å²) in [5.74, 6) is 1.10. The fraction of sp³-hybridized carbons (Fsp3) is 0.536. The zero-order valence-corrected chi connectivity index (χ0v) is 20.8. The third-order valence-corrected chi connectivity index (χ3v) is 8.94. The summed E-state index contributed by atoms with van der Waals surface area (Å²) in [5.41, 5.74) is 3.73. The number of carbonyl (C=O) groups excluding carboxylic acids is 1. The van der Waals surface area contributed by atoms with Gasteiger partial charge in [0.05, 0.1) is 16.1 Å². The minimum absolute atomic E-state index is 0.0442. The highest BCUT2D eigenvalue weighted by Gasteiger charge is 2.40. The summed E-state index contributed by atoms with van der Waals surface area (Å²) in [6.45, 7) is 1.85. The molecule has 0 aromatic heterocycles. The van der Waals surface area contributed by atoms with E-state index in [2.05, 4.69) is 40.5 Å². The smallest absolute Gasteiger partial charge is 0.155 e. The van der Waals surface area contributed by atoms with E-state index in [0.717, 1.165) is 57.2 Å². The Labute approximate surface area is 207 Å². The first-order valence-corrected chi connectivity index (χ1v) is 13.4. The lowest BCUT2D eigenvalue weighted by molar-refractivity contribution is -0.130. The maximum atomic E-state index is 13.9. The van der Waals surface area contributed by atoms with E-state index in [1.165, 1.54) is 30.5 Å². The lowest BCUT2D eigenvalue weighted by Gasteiger charge is -2.44. The second kappa shape index (κ2) is 10.4. The molecule has 2 atom stereocenters. The summed E-state index contributed by atoms with van der Waals surface area (Å²) in [6, 6.07) is 14.7. The van der Waals surface area contributed by atoms with E-state index in [9.17, 15) is 4.79 Å². The maximum Gasteiger partial charge on any atom is 0.155 e. The van der Waals surface area contributed by atoms with E-state index in [1.54, 1.807) is 0 Å². The van der Waals surface area contributed by atoms with Crippen molar-refractivity contribution in [3.05, 3.63) is 63.6 Å². The molecule has 3 nitrogen and oxygen atoms in total. The van der Waals surface area contributed by atoms with Gasteiger partial charge in [-0.3, -0.25) is 9.69 Å². The third kappa shape index (κ3) is 4.97. The fourth-order valence-electron chi connectivity index (χ4n) is 6.28. The number of benzene rings is 2. The second-order valence-electron chi connectivity index (χ2n) is 10.1. The zero-order chi connectivity index (χ0) is 22.8. The maximum absolute atomic E-state index is 13.9. The average Bonchev–Trinajstić information content (AvgIpc) is 2.87. The van der Waals surface area contributed by atoms with Gasteiger partial charge in [0, 0.05) is 17.6 Å². The molecule has 0 amide bonds. The Balaban J connectivity index is 1.35. The van der Waals surface area contributed by atoms with Crippen LogP contribution in [0.25, 0.3) is 0 Å². The van der Waals surface area contributed by atoms with Crippen LogP contribution in [0, 0.1) is 5.92 Å². The lowest BCUT2D eigenvalue weighted by atomic mass is 9.79. The standard InChI is InChI=1S/C28H34Cl2N2O/c29-23-11-6-10-22(26(23)30)19-15-17-32(18-16-19)27(28(33)21-8-2-1-3-9-21)25-14-13-20-7-4-5-12-24(20)31-25/h4-7,10-12,19,21,25,27,31H,1-3,8-9,13-18H2. The van der Waals surface area contributed by atoms with E-state index in [-0.39, 0.29) is 18.0 Å². The Morgan fingerprint density at radius 3 is 2.45 bits per heavy atom. The molecule has 2 aromatic carbocycles. The molecule has 2 heterocycles. The summed E-state index contributed by atoms with van der Waals surface area (Å²) < 4.78 is 0. The SMILES string of the molecule is O=C(C1CCCCC1)C(C1CCc2ccccc2N1)N1CCC(c2cccc(Cl)c2Cl)CC1. The average molecular weight is 485 g/mol. The monoisotopic (exact) mass is 484 g/mol. The number of hydrogen-bond acceptors (Lipinski definition) is 3. The minimum atomic E-state index is -0.0442. The summed E-state index contributed by atoms with van der Waals surface area (Å²) in [5, 5.41) is 5.10. The quantitative estimate of drug-likeness (QED) is 0.490. The summed E-state index contributed by atoms with van der Waals surface area (Å²) in [4.78, 5) is 16.4. The van der Waals surface area contributed by atoms with Crippen LogP contribution in [-0.2, 0) is 11.2 Å². The Bertz CT molecular complexity index is 980. The van der Waals surface area contributed by atoms with Gasteiger partial charge < -0.3 is 5.32 Å². The van der Waals surface area contributed by atoms with Crippen molar-refractivity contribution in [2.24, 2.45) is 5.92 Å². The number of nitrogens with one attached hydrogen (secondary N) is 1. The van der Waals surface area contributed by atoms with Crippen LogP contribution in [-0.4, -0.2) is 35.9 Å². The molecule has 5 heteroatoms. The van der Waals surface area contributed by atoms with Gasteiger partial charge in [-0.1, -0.05) is 72.8 Å². The fourth-order valence-corrected chi connectivity index (χ4v) is 6.75. The number of carbonyl (C=O) groups is 1. The van der Waals surface area contributed by atoms with Crippen LogP contribution in [0.4, 0.5) is 5.69 Å². The van der Waals surface area contributed by atoms with E-state index >= 15 is 0 Å². The Morgan fingerprint density at radius 1 is 0.909 bits per heavy atom. The van der Waals surface area contributed by atoms with Crippen molar-refractivity contribution < 1.29 is 4.79 Å². The molecule has 2 fully saturated rings. The van der Waals surface area contributed by atoms with Crippen molar-refractivity contribution in [1.29, 1.82) is 0 Å². The van der Waals surface area contributed by atoms with E-state index in [4.69, 9.17) is 23.2 Å². The second-order valence-corrected chi connectivity index (χ2v) is 10.9. The molecule has 1 N–H and O–H groups in total. The van der Waals surface area contributed by atoms with Crippen molar-refractivity contribution in [2.45, 2.75) is 75.8 Å². The van der Waals surface area contributed by atoms with E-state index in [0.29, 0.717) is 21.7 Å². The third-order valence-electron chi connectivity index (χ3n) is 8.11. The van der Waals surface area contributed by atoms with Gasteiger partial charge in [-0.25, -0.2) is 0 Å². The molecule has 0 spiro atoms. The number of halogens is 2. The number of nitrogens with zero attached hydrogens (tertiary/aromatic N) is 1. The highest BCUT2D eigenvalue weighted by atomic mass is 35.5. The van der Waals surface area contributed by atoms with Gasteiger partial charge in [0.1, 0.15) is 0 Å². The molecule has 3 aliphatic rings. The Morgan fingerprint density at radius 2 is 1.67 bits per heavy atom. The van der Waals surface area contributed by atoms with Gasteiger partial charge in [-0.05, 0) is 80.8 Å². The molecule has 5 rings (SSSR count). The topological polar surface area (TPSA) is 32.3 Å². The number of fused-ring (bicyclic) bond motifs is 1. The number of ketones is 1. The highest BCUT2D eigenvalue weighted by Crippen LogP contribution is 2.38. The molecule has 1 saturated heterocycles. The molecule has 0 bridgehead atoms. The number of hydrogen-bond donors (Lipinski definition) is 1. The van der Waals surface area contributed by atoms with Crippen LogP contribution in [0.5, 0.6) is 0 Å². The molecule has 0 radical (unpaired) electrons. The van der Waals surface area contributed by atoms with E-state index in [1.807, 2.05) is 12.1 Å². The number of para-hydroxylation sites is 1. The van der Waals surface area contributed by atoms with Crippen LogP contribution in [0.2, 0.25) is 10.0 Å². The highest BCUT2D eigenvalue weighted by molar-refractivity contribution is 6.42. The number of aryl methyl sites for hydroxylation is 1. The summed E-state index contributed by atoms with van der Waals surface area (Å²) >= 11 is 12.8. The number of Topliss-reactive ketones (excluding diaryl/α,β-unsaturated/α-hetero) is 1. The van der Waals surface area contributed by atoms with Gasteiger partial charge >= 0.3 is 0 Å².